The molecule has 4 nitrogen and oxygen atoms in total. The summed E-state index contributed by atoms with van der Waals surface area (Å²) < 4.78 is 0. The maximum Gasteiger partial charge on any atom is 0.308 e. The van der Waals surface area contributed by atoms with Crippen LogP contribution in [-0.2, 0) is 9.59 Å². The van der Waals surface area contributed by atoms with E-state index in [9.17, 15) is 9.59 Å². The zero-order chi connectivity index (χ0) is 12.1. The topological polar surface area (TPSA) is 66.4 Å². The number of hydrogen-bond donors (Lipinski definition) is 2. The van der Waals surface area contributed by atoms with Crippen molar-refractivity contribution in [3.05, 3.63) is 0 Å². The number of hydrogen-bond acceptors (Lipinski definition) is 2. The highest BCUT2D eigenvalue weighted by atomic mass is 16.4. The van der Waals surface area contributed by atoms with Gasteiger partial charge in [0.15, 0.2) is 0 Å². The molecule has 0 aromatic heterocycles. The Morgan fingerprint density at radius 2 is 1.94 bits per heavy atom. The molecule has 2 atom stereocenters. The molecule has 92 valence electrons. The van der Waals surface area contributed by atoms with E-state index in [1.807, 2.05) is 13.8 Å². The Labute approximate surface area is 96.4 Å². The van der Waals surface area contributed by atoms with Gasteiger partial charge in [0.05, 0.1) is 5.92 Å². The third kappa shape index (κ3) is 2.97. The summed E-state index contributed by atoms with van der Waals surface area (Å²) in [5, 5.41) is 11.9. The second-order valence-corrected chi connectivity index (χ2v) is 4.50. The Kier molecular flexibility index (Phi) is 4.77. The molecule has 0 radical (unpaired) electrons. The van der Waals surface area contributed by atoms with E-state index in [-0.39, 0.29) is 17.9 Å². The van der Waals surface area contributed by atoms with Crippen molar-refractivity contribution in [3.63, 3.8) is 0 Å². The molecular formula is C12H21NO3. The van der Waals surface area contributed by atoms with E-state index in [0.717, 1.165) is 25.7 Å². The molecular weight excluding hydrogens is 206 g/mol. The molecule has 0 aromatic carbocycles. The minimum atomic E-state index is -0.785. The molecule has 0 bridgehead atoms. The first kappa shape index (κ1) is 13.0. The van der Waals surface area contributed by atoms with Crippen molar-refractivity contribution >= 4 is 11.9 Å². The monoisotopic (exact) mass is 227 g/mol. The number of nitrogens with one attached hydrogen (secondary N) is 1. The molecule has 4 heteroatoms. The van der Waals surface area contributed by atoms with Crippen molar-refractivity contribution in [1.82, 2.24) is 5.32 Å². The van der Waals surface area contributed by atoms with E-state index >= 15 is 0 Å². The summed E-state index contributed by atoms with van der Waals surface area (Å²) in [6.45, 7) is 3.97. The van der Waals surface area contributed by atoms with Crippen molar-refractivity contribution in [3.8, 4) is 0 Å². The molecule has 0 heterocycles. The zero-order valence-corrected chi connectivity index (χ0v) is 10.0. The van der Waals surface area contributed by atoms with Gasteiger partial charge in [-0.2, -0.15) is 0 Å². The van der Waals surface area contributed by atoms with Crippen LogP contribution in [0.3, 0.4) is 0 Å². The fraction of sp³-hybridized carbons (Fsp3) is 0.833. The number of carbonyl (C=O) groups excluding carboxylic acids is 1. The standard InChI is InChI=1S/C12H21NO3/c1-3-8(4-2)11(14)13-10-7-5-6-9(10)12(15)16/h8-10H,3-7H2,1-2H3,(H,13,14)(H,15,16). The lowest BCUT2D eigenvalue weighted by Gasteiger charge is -2.20. The maximum absolute atomic E-state index is 11.8. The van der Waals surface area contributed by atoms with Crippen LogP contribution in [0.5, 0.6) is 0 Å². The second-order valence-electron chi connectivity index (χ2n) is 4.50. The summed E-state index contributed by atoms with van der Waals surface area (Å²) in [6, 6.07) is -0.161. The van der Waals surface area contributed by atoms with Crippen LogP contribution in [0.15, 0.2) is 0 Å². The highest BCUT2D eigenvalue weighted by molar-refractivity contribution is 5.80. The number of carboxylic acids is 1. The Hall–Kier alpha value is -1.06. The fourth-order valence-corrected chi connectivity index (χ4v) is 2.39. The van der Waals surface area contributed by atoms with Gasteiger partial charge in [0.1, 0.15) is 0 Å². The van der Waals surface area contributed by atoms with E-state index in [1.54, 1.807) is 0 Å². The molecule has 0 aliphatic heterocycles. The molecule has 1 rings (SSSR count). The van der Waals surface area contributed by atoms with E-state index in [4.69, 9.17) is 5.11 Å². The maximum atomic E-state index is 11.8. The smallest absolute Gasteiger partial charge is 0.308 e. The van der Waals surface area contributed by atoms with Crippen molar-refractivity contribution < 1.29 is 14.7 Å². The first-order valence-electron chi connectivity index (χ1n) is 6.13. The third-order valence-corrected chi connectivity index (χ3v) is 3.52. The predicted octanol–water partition coefficient (Wildman–Crippen LogP) is 1.79. The number of carbonyl (C=O) groups is 2. The average Bonchev–Trinajstić information content (AvgIpc) is 2.67. The summed E-state index contributed by atoms with van der Waals surface area (Å²) in [7, 11) is 0. The summed E-state index contributed by atoms with van der Waals surface area (Å²) in [4.78, 5) is 22.8. The summed E-state index contributed by atoms with van der Waals surface area (Å²) >= 11 is 0. The number of carboxylic acid groups (broad SMARTS) is 1. The minimum Gasteiger partial charge on any atom is -0.481 e. The van der Waals surface area contributed by atoms with Gasteiger partial charge in [0.25, 0.3) is 0 Å². The van der Waals surface area contributed by atoms with Crippen molar-refractivity contribution in [2.45, 2.75) is 52.0 Å². The third-order valence-electron chi connectivity index (χ3n) is 3.52. The number of rotatable bonds is 5. The van der Waals surface area contributed by atoms with Crippen LogP contribution in [0, 0.1) is 11.8 Å². The summed E-state index contributed by atoms with van der Waals surface area (Å²) in [6.07, 6.45) is 4.00. The van der Waals surface area contributed by atoms with E-state index in [1.165, 1.54) is 0 Å². The molecule has 1 aliphatic rings. The van der Waals surface area contributed by atoms with Crippen LogP contribution in [0.4, 0.5) is 0 Å². The molecule has 2 unspecified atom stereocenters. The van der Waals surface area contributed by atoms with E-state index in [2.05, 4.69) is 5.32 Å². The number of amides is 1. The van der Waals surface area contributed by atoms with Gasteiger partial charge >= 0.3 is 5.97 Å². The quantitative estimate of drug-likeness (QED) is 0.752. The molecule has 2 N–H and O–H groups in total. The van der Waals surface area contributed by atoms with Crippen LogP contribution < -0.4 is 5.32 Å². The molecule has 16 heavy (non-hydrogen) atoms. The van der Waals surface area contributed by atoms with E-state index in [0.29, 0.717) is 6.42 Å². The minimum absolute atomic E-state index is 0.0168. The Balaban J connectivity index is 2.53. The predicted molar refractivity (Wildman–Crippen MR) is 61.0 cm³/mol. The van der Waals surface area contributed by atoms with Crippen LogP contribution in [0.25, 0.3) is 0 Å². The molecule has 0 aromatic rings. The Bertz CT molecular complexity index is 261. The van der Waals surface area contributed by atoms with Crippen LogP contribution in [-0.4, -0.2) is 23.0 Å². The van der Waals surface area contributed by atoms with Gasteiger partial charge < -0.3 is 10.4 Å². The lowest BCUT2D eigenvalue weighted by atomic mass is 9.99. The van der Waals surface area contributed by atoms with Crippen molar-refractivity contribution in [1.29, 1.82) is 0 Å². The molecule has 1 aliphatic carbocycles. The second kappa shape index (κ2) is 5.87. The fourth-order valence-electron chi connectivity index (χ4n) is 2.39. The van der Waals surface area contributed by atoms with Gasteiger partial charge in [0, 0.05) is 12.0 Å². The molecule has 1 amide bonds. The first-order chi connectivity index (χ1) is 7.60. The Morgan fingerprint density at radius 1 is 1.31 bits per heavy atom. The van der Waals surface area contributed by atoms with E-state index < -0.39 is 11.9 Å². The lowest BCUT2D eigenvalue weighted by Crippen LogP contribution is -2.42. The normalized spacial score (nSPS) is 24.7. The van der Waals surface area contributed by atoms with Gasteiger partial charge in [-0.3, -0.25) is 9.59 Å². The van der Waals surface area contributed by atoms with Gasteiger partial charge in [-0.1, -0.05) is 20.3 Å². The van der Waals surface area contributed by atoms with Gasteiger partial charge in [-0.15, -0.1) is 0 Å². The molecule has 0 spiro atoms. The van der Waals surface area contributed by atoms with Crippen LogP contribution in [0.1, 0.15) is 46.0 Å². The van der Waals surface area contributed by atoms with Gasteiger partial charge in [-0.25, -0.2) is 0 Å². The molecule has 1 fully saturated rings. The van der Waals surface area contributed by atoms with Crippen LogP contribution in [0.2, 0.25) is 0 Å². The lowest BCUT2D eigenvalue weighted by molar-refractivity contribution is -0.142. The highest BCUT2D eigenvalue weighted by Crippen LogP contribution is 2.26. The van der Waals surface area contributed by atoms with Crippen molar-refractivity contribution in [2.75, 3.05) is 0 Å². The zero-order valence-electron chi connectivity index (χ0n) is 10.0. The average molecular weight is 227 g/mol. The van der Waals surface area contributed by atoms with Crippen molar-refractivity contribution in [2.24, 2.45) is 11.8 Å². The summed E-state index contributed by atoms with van der Waals surface area (Å²) in [5.74, 6) is -1.14. The molecule has 1 saturated carbocycles. The molecule has 0 saturated heterocycles. The summed E-state index contributed by atoms with van der Waals surface area (Å²) in [5.41, 5.74) is 0. The first-order valence-corrected chi connectivity index (χ1v) is 6.13. The SMILES string of the molecule is CCC(CC)C(=O)NC1CCCC1C(=O)O. The largest absolute Gasteiger partial charge is 0.481 e. The van der Waals surface area contributed by atoms with Gasteiger partial charge in [-0.05, 0) is 25.7 Å². The number of aliphatic carboxylic acids is 1. The van der Waals surface area contributed by atoms with Gasteiger partial charge in [0.2, 0.25) is 5.91 Å². The van der Waals surface area contributed by atoms with Crippen LogP contribution >= 0.6 is 0 Å². The highest BCUT2D eigenvalue weighted by Gasteiger charge is 2.34. The Morgan fingerprint density at radius 3 is 2.44 bits per heavy atom.